The van der Waals surface area contributed by atoms with Crippen LogP contribution in [0.15, 0.2) is 127 Å². The summed E-state index contributed by atoms with van der Waals surface area (Å²) in [6.45, 7) is 8.85. The second-order valence-corrected chi connectivity index (χ2v) is 10.6. The van der Waals surface area contributed by atoms with Gasteiger partial charge in [0.15, 0.2) is 0 Å². The zero-order valence-corrected chi connectivity index (χ0v) is 24.9. The van der Waals surface area contributed by atoms with Crippen LogP contribution >= 0.6 is 0 Å². The minimum Gasteiger partial charge on any atom is -0.309 e. The van der Waals surface area contributed by atoms with E-state index in [2.05, 4.69) is 160 Å². The molecule has 206 valence electrons. The van der Waals surface area contributed by atoms with Gasteiger partial charge in [-0.05, 0) is 88.9 Å². The molecule has 0 radical (unpaired) electrons. The molecule has 0 aliphatic heterocycles. The number of aryl methyl sites for hydroxylation is 4. The monoisotopic (exact) mass is 535 g/mol. The van der Waals surface area contributed by atoms with Crippen molar-refractivity contribution < 1.29 is 0 Å². The molecule has 0 bridgehead atoms. The van der Waals surface area contributed by atoms with E-state index in [1.165, 1.54) is 50.2 Å². The fourth-order valence-corrected chi connectivity index (χ4v) is 5.40. The molecule has 0 amide bonds. The first-order valence-corrected chi connectivity index (χ1v) is 15.1. The van der Waals surface area contributed by atoms with Gasteiger partial charge in [0, 0.05) is 16.9 Å². The molecule has 0 saturated heterocycles. The van der Waals surface area contributed by atoms with Crippen molar-refractivity contribution in [3.05, 3.63) is 166 Å². The average Bonchev–Trinajstić information content (AvgIpc) is 3.06. The maximum Gasteiger partial charge on any atom is 0.0618 e. The molecule has 0 spiro atoms. The maximum absolute atomic E-state index is 2.45. The molecule has 0 N–H and O–H groups in total. The lowest BCUT2D eigenvalue weighted by Crippen LogP contribution is -2.18. The summed E-state index contributed by atoms with van der Waals surface area (Å²) in [5.41, 5.74) is 13.7. The fourth-order valence-electron chi connectivity index (χ4n) is 5.40. The van der Waals surface area contributed by atoms with E-state index in [9.17, 15) is 0 Å². The Hall–Kier alpha value is -4.36. The van der Waals surface area contributed by atoms with Crippen molar-refractivity contribution in [3.8, 4) is 0 Å². The van der Waals surface area contributed by atoms with Gasteiger partial charge in [-0.25, -0.2) is 0 Å². The first-order chi connectivity index (χ1) is 20.1. The average molecular weight is 536 g/mol. The van der Waals surface area contributed by atoms with E-state index in [1.807, 2.05) is 0 Å². The fraction of sp³-hybridized carbons (Fsp3) is 0.200. The van der Waals surface area contributed by atoms with Crippen molar-refractivity contribution >= 4 is 22.6 Å². The zero-order chi connectivity index (χ0) is 28.6. The smallest absolute Gasteiger partial charge is 0.0618 e. The lowest BCUT2D eigenvalue weighted by Gasteiger charge is -2.31. The molecule has 5 aromatic carbocycles. The van der Waals surface area contributed by atoms with Crippen LogP contribution in [-0.4, -0.2) is 0 Å². The molecule has 0 atom stereocenters. The van der Waals surface area contributed by atoms with Gasteiger partial charge in [-0.2, -0.15) is 0 Å². The van der Waals surface area contributed by atoms with E-state index < -0.39 is 0 Å². The van der Waals surface area contributed by atoms with Crippen LogP contribution in [0.4, 0.5) is 11.4 Å². The molecule has 0 fully saturated rings. The van der Waals surface area contributed by atoms with Gasteiger partial charge >= 0.3 is 0 Å². The standard InChI is InChI=1S/C40H41N/c1-5-30-14-22-34(23-15-30)39(35-24-16-31(6-2)17-25-35)40(36-12-10-9-11-13-36)41(37-26-18-32(7-3)19-27-37)38-28-20-33(8-4)21-29-38/h9-29H,5-8H2,1-4H3. The van der Waals surface area contributed by atoms with E-state index in [-0.39, 0.29) is 0 Å². The molecule has 41 heavy (non-hydrogen) atoms. The topological polar surface area (TPSA) is 3.24 Å². The third kappa shape index (κ3) is 6.36. The Balaban J connectivity index is 1.87. The van der Waals surface area contributed by atoms with Crippen LogP contribution in [0.1, 0.15) is 66.6 Å². The Labute approximate surface area is 246 Å². The predicted molar refractivity (Wildman–Crippen MR) is 178 cm³/mol. The summed E-state index contributed by atoms with van der Waals surface area (Å²) in [6.07, 6.45) is 4.09. The van der Waals surface area contributed by atoms with Gasteiger partial charge in [-0.3, -0.25) is 0 Å². The van der Waals surface area contributed by atoms with Gasteiger partial charge in [0.1, 0.15) is 0 Å². The maximum atomic E-state index is 2.45. The molecule has 0 saturated carbocycles. The van der Waals surface area contributed by atoms with Crippen molar-refractivity contribution in [2.24, 2.45) is 0 Å². The summed E-state index contributed by atoms with van der Waals surface area (Å²) in [4.78, 5) is 2.45. The molecule has 0 aliphatic rings. The van der Waals surface area contributed by atoms with Gasteiger partial charge in [0.05, 0.1) is 5.70 Å². The normalized spacial score (nSPS) is 10.8. The minimum absolute atomic E-state index is 1.02. The molecule has 5 aromatic rings. The molecule has 0 unspecified atom stereocenters. The molecule has 5 rings (SSSR count). The number of anilines is 2. The Kier molecular flexibility index (Phi) is 9.16. The third-order valence-electron chi connectivity index (χ3n) is 8.01. The molecule has 1 nitrogen and oxygen atoms in total. The molecule has 0 heterocycles. The Morgan fingerprint density at radius 2 is 0.732 bits per heavy atom. The number of hydrogen-bond acceptors (Lipinski definition) is 1. The van der Waals surface area contributed by atoms with Crippen molar-refractivity contribution in [1.29, 1.82) is 0 Å². The van der Waals surface area contributed by atoms with Gasteiger partial charge < -0.3 is 4.90 Å². The summed E-state index contributed by atoms with van der Waals surface area (Å²) >= 11 is 0. The highest BCUT2D eigenvalue weighted by Gasteiger charge is 2.23. The highest BCUT2D eigenvalue weighted by atomic mass is 15.2. The first kappa shape index (κ1) is 28.2. The minimum atomic E-state index is 1.02. The molecular weight excluding hydrogens is 494 g/mol. The molecule has 1 heteroatoms. The quantitative estimate of drug-likeness (QED) is 0.161. The van der Waals surface area contributed by atoms with E-state index in [0.717, 1.165) is 37.1 Å². The number of rotatable bonds is 10. The van der Waals surface area contributed by atoms with Crippen molar-refractivity contribution in [1.82, 2.24) is 0 Å². The number of nitrogens with zero attached hydrogens (tertiary/aromatic N) is 1. The molecule has 0 aromatic heterocycles. The van der Waals surface area contributed by atoms with Gasteiger partial charge in [-0.1, -0.05) is 131 Å². The Morgan fingerprint density at radius 1 is 0.390 bits per heavy atom. The van der Waals surface area contributed by atoms with E-state index >= 15 is 0 Å². The van der Waals surface area contributed by atoms with E-state index in [4.69, 9.17) is 0 Å². The largest absolute Gasteiger partial charge is 0.309 e. The second kappa shape index (κ2) is 13.3. The van der Waals surface area contributed by atoms with Crippen LogP contribution in [0, 0.1) is 0 Å². The van der Waals surface area contributed by atoms with Crippen LogP contribution in [0.2, 0.25) is 0 Å². The van der Waals surface area contributed by atoms with Crippen LogP contribution in [0.25, 0.3) is 11.3 Å². The number of benzene rings is 5. The second-order valence-electron chi connectivity index (χ2n) is 10.6. The summed E-state index contributed by atoms with van der Waals surface area (Å²) in [5, 5.41) is 0. The van der Waals surface area contributed by atoms with E-state index in [0.29, 0.717) is 0 Å². The van der Waals surface area contributed by atoms with Crippen molar-refractivity contribution in [3.63, 3.8) is 0 Å². The van der Waals surface area contributed by atoms with Gasteiger partial charge in [-0.15, -0.1) is 0 Å². The lowest BCUT2D eigenvalue weighted by atomic mass is 9.90. The van der Waals surface area contributed by atoms with Crippen molar-refractivity contribution in [2.75, 3.05) is 4.90 Å². The Bertz CT molecular complexity index is 1460. The highest BCUT2D eigenvalue weighted by Crippen LogP contribution is 2.42. The highest BCUT2D eigenvalue weighted by molar-refractivity contribution is 6.06. The van der Waals surface area contributed by atoms with Crippen molar-refractivity contribution in [2.45, 2.75) is 53.4 Å². The molecular formula is C40H41N. The summed E-state index contributed by atoms with van der Waals surface area (Å²) in [6, 6.07) is 47.3. The predicted octanol–water partition coefficient (Wildman–Crippen LogP) is 10.7. The van der Waals surface area contributed by atoms with Gasteiger partial charge in [0.2, 0.25) is 0 Å². The third-order valence-corrected chi connectivity index (χ3v) is 8.01. The summed E-state index contributed by atoms with van der Waals surface area (Å²) in [5.74, 6) is 0. The zero-order valence-electron chi connectivity index (χ0n) is 24.9. The van der Waals surface area contributed by atoms with Crippen LogP contribution < -0.4 is 4.90 Å². The first-order valence-electron chi connectivity index (χ1n) is 15.1. The Morgan fingerprint density at radius 3 is 1.07 bits per heavy atom. The van der Waals surface area contributed by atoms with Crippen LogP contribution in [0.3, 0.4) is 0 Å². The summed E-state index contributed by atoms with van der Waals surface area (Å²) < 4.78 is 0. The van der Waals surface area contributed by atoms with Crippen LogP contribution in [-0.2, 0) is 25.7 Å². The number of hydrogen-bond donors (Lipinski definition) is 0. The van der Waals surface area contributed by atoms with E-state index in [1.54, 1.807) is 0 Å². The van der Waals surface area contributed by atoms with Crippen LogP contribution in [0.5, 0.6) is 0 Å². The lowest BCUT2D eigenvalue weighted by molar-refractivity contribution is 1.13. The van der Waals surface area contributed by atoms with Gasteiger partial charge in [0.25, 0.3) is 0 Å². The SMILES string of the molecule is CCc1ccc(C(=C(c2ccccc2)N(c2ccc(CC)cc2)c2ccc(CC)cc2)c2ccc(CC)cc2)cc1. The molecule has 0 aliphatic carbocycles. The summed E-state index contributed by atoms with van der Waals surface area (Å²) in [7, 11) is 0.